The van der Waals surface area contributed by atoms with Crippen LogP contribution in [0.5, 0.6) is 0 Å². The van der Waals surface area contributed by atoms with Gasteiger partial charge >= 0.3 is 0 Å². The van der Waals surface area contributed by atoms with Crippen LogP contribution in [0, 0.1) is 5.92 Å². The zero-order valence-electron chi connectivity index (χ0n) is 13.8. The van der Waals surface area contributed by atoms with E-state index in [9.17, 15) is 0 Å². The van der Waals surface area contributed by atoms with Crippen molar-refractivity contribution in [1.29, 1.82) is 0 Å². The predicted octanol–water partition coefficient (Wildman–Crippen LogP) is 2.67. The zero-order valence-corrected chi connectivity index (χ0v) is 13.8. The Morgan fingerprint density at radius 2 is 2.05 bits per heavy atom. The number of rotatable bonds is 4. The number of nitrogens with one attached hydrogen (secondary N) is 1. The second kappa shape index (κ2) is 5.86. The van der Waals surface area contributed by atoms with Crippen LogP contribution < -0.4 is 5.32 Å². The van der Waals surface area contributed by atoms with Crippen LogP contribution in [0.25, 0.3) is 0 Å². The molecule has 1 aromatic rings. The molecule has 0 saturated carbocycles. The first-order valence-electron chi connectivity index (χ1n) is 7.82. The monoisotopic (exact) mass is 278 g/mol. The summed E-state index contributed by atoms with van der Waals surface area (Å²) < 4.78 is 2.05. The van der Waals surface area contributed by atoms with E-state index in [1.54, 1.807) is 0 Å². The molecule has 1 N–H and O–H groups in total. The van der Waals surface area contributed by atoms with Crippen molar-refractivity contribution in [1.82, 2.24) is 20.0 Å². The number of piperazine rings is 1. The highest BCUT2D eigenvalue weighted by atomic mass is 15.3. The Bertz CT molecular complexity index is 433. The molecule has 4 nitrogen and oxygen atoms in total. The third-order valence-electron chi connectivity index (χ3n) is 4.42. The Labute approximate surface area is 123 Å². The molecule has 0 aliphatic carbocycles. The van der Waals surface area contributed by atoms with Crippen LogP contribution in [0.1, 0.15) is 53.3 Å². The van der Waals surface area contributed by atoms with Crippen molar-refractivity contribution in [3.8, 4) is 0 Å². The SMILES string of the molecule is CC(C)C1CN(Cc2ccn(C(C)C)n2)C(C)(C)CN1. The van der Waals surface area contributed by atoms with Gasteiger partial charge in [-0.2, -0.15) is 5.10 Å². The topological polar surface area (TPSA) is 33.1 Å². The van der Waals surface area contributed by atoms with Gasteiger partial charge in [0.2, 0.25) is 0 Å². The van der Waals surface area contributed by atoms with E-state index >= 15 is 0 Å². The fraction of sp³-hybridized carbons (Fsp3) is 0.812. The molecule has 0 amide bonds. The normalized spacial score (nSPS) is 23.7. The minimum Gasteiger partial charge on any atom is -0.311 e. The lowest BCUT2D eigenvalue weighted by molar-refractivity contribution is 0.0462. The Balaban J connectivity index is 2.07. The van der Waals surface area contributed by atoms with Gasteiger partial charge in [-0.05, 0) is 39.7 Å². The zero-order chi connectivity index (χ0) is 14.9. The van der Waals surface area contributed by atoms with Crippen LogP contribution in [0.3, 0.4) is 0 Å². The van der Waals surface area contributed by atoms with Crippen molar-refractivity contribution in [3.63, 3.8) is 0 Å². The molecular formula is C16H30N4. The average Bonchev–Trinajstić information content (AvgIpc) is 2.80. The number of nitrogens with zero attached hydrogens (tertiary/aromatic N) is 3. The molecule has 0 aromatic carbocycles. The Hall–Kier alpha value is -0.870. The number of aromatic nitrogens is 2. The van der Waals surface area contributed by atoms with Gasteiger partial charge in [-0.3, -0.25) is 9.58 Å². The second-order valence-electron chi connectivity index (χ2n) is 7.31. The second-order valence-corrected chi connectivity index (χ2v) is 7.31. The molecule has 1 atom stereocenters. The predicted molar refractivity (Wildman–Crippen MR) is 83.7 cm³/mol. The van der Waals surface area contributed by atoms with Crippen molar-refractivity contribution >= 4 is 0 Å². The van der Waals surface area contributed by atoms with Crippen molar-refractivity contribution in [2.24, 2.45) is 5.92 Å². The summed E-state index contributed by atoms with van der Waals surface area (Å²) in [5.41, 5.74) is 1.36. The Morgan fingerprint density at radius 1 is 1.35 bits per heavy atom. The average molecular weight is 278 g/mol. The summed E-state index contributed by atoms with van der Waals surface area (Å²) in [6.07, 6.45) is 2.09. The van der Waals surface area contributed by atoms with Gasteiger partial charge in [0.25, 0.3) is 0 Å². The van der Waals surface area contributed by atoms with Crippen LogP contribution in [0.4, 0.5) is 0 Å². The van der Waals surface area contributed by atoms with Gasteiger partial charge in [0, 0.05) is 43.5 Å². The van der Waals surface area contributed by atoms with Crippen LogP contribution in [0.2, 0.25) is 0 Å². The largest absolute Gasteiger partial charge is 0.311 e. The molecule has 4 heteroatoms. The quantitative estimate of drug-likeness (QED) is 0.919. The molecule has 1 aromatic heterocycles. The highest BCUT2D eigenvalue weighted by Crippen LogP contribution is 2.23. The molecule has 1 unspecified atom stereocenters. The molecule has 2 heterocycles. The molecule has 20 heavy (non-hydrogen) atoms. The number of hydrogen-bond acceptors (Lipinski definition) is 3. The van der Waals surface area contributed by atoms with E-state index < -0.39 is 0 Å². The van der Waals surface area contributed by atoms with Gasteiger partial charge in [-0.25, -0.2) is 0 Å². The molecule has 1 saturated heterocycles. The summed E-state index contributed by atoms with van der Waals surface area (Å²) in [6, 6.07) is 3.17. The third kappa shape index (κ3) is 3.41. The molecule has 0 spiro atoms. The third-order valence-corrected chi connectivity index (χ3v) is 4.42. The molecular weight excluding hydrogens is 248 g/mol. The molecule has 1 aliphatic rings. The maximum atomic E-state index is 4.69. The number of hydrogen-bond donors (Lipinski definition) is 1. The lowest BCUT2D eigenvalue weighted by Gasteiger charge is -2.47. The summed E-state index contributed by atoms with van der Waals surface area (Å²) in [4.78, 5) is 2.57. The summed E-state index contributed by atoms with van der Waals surface area (Å²) in [5.74, 6) is 0.668. The van der Waals surface area contributed by atoms with Gasteiger partial charge in [0.1, 0.15) is 0 Å². The van der Waals surface area contributed by atoms with Gasteiger partial charge in [0.05, 0.1) is 5.69 Å². The van der Waals surface area contributed by atoms with Gasteiger partial charge in [-0.1, -0.05) is 13.8 Å². The van der Waals surface area contributed by atoms with Gasteiger partial charge in [-0.15, -0.1) is 0 Å². The minimum atomic E-state index is 0.188. The summed E-state index contributed by atoms with van der Waals surface area (Å²) in [5, 5.41) is 8.37. The summed E-state index contributed by atoms with van der Waals surface area (Å²) in [6.45, 7) is 16.6. The van der Waals surface area contributed by atoms with Crippen LogP contribution >= 0.6 is 0 Å². The highest BCUT2D eigenvalue weighted by Gasteiger charge is 2.35. The first-order valence-corrected chi connectivity index (χ1v) is 7.82. The van der Waals surface area contributed by atoms with E-state index in [0.717, 1.165) is 19.6 Å². The molecule has 0 bridgehead atoms. The first-order chi connectivity index (χ1) is 9.29. The van der Waals surface area contributed by atoms with Gasteiger partial charge in [0.15, 0.2) is 0 Å². The van der Waals surface area contributed by atoms with Crippen LogP contribution in [-0.4, -0.2) is 39.4 Å². The summed E-state index contributed by atoms with van der Waals surface area (Å²) in [7, 11) is 0. The summed E-state index contributed by atoms with van der Waals surface area (Å²) >= 11 is 0. The van der Waals surface area contributed by atoms with Crippen molar-refractivity contribution in [3.05, 3.63) is 18.0 Å². The Kier molecular flexibility index (Phi) is 4.55. The van der Waals surface area contributed by atoms with E-state index in [1.807, 2.05) is 4.68 Å². The fourth-order valence-electron chi connectivity index (χ4n) is 2.71. The smallest absolute Gasteiger partial charge is 0.0765 e. The maximum absolute atomic E-state index is 4.69. The maximum Gasteiger partial charge on any atom is 0.0765 e. The fourth-order valence-corrected chi connectivity index (χ4v) is 2.71. The van der Waals surface area contributed by atoms with Crippen molar-refractivity contribution < 1.29 is 0 Å². The Morgan fingerprint density at radius 3 is 2.60 bits per heavy atom. The van der Waals surface area contributed by atoms with E-state index in [-0.39, 0.29) is 5.54 Å². The van der Waals surface area contributed by atoms with Crippen molar-refractivity contribution in [2.45, 2.75) is 65.7 Å². The van der Waals surface area contributed by atoms with Gasteiger partial charge < -0.3 is 5.32 Å². The molecule has 1 aliphatic heterocycles. The van der Waals surface area contributed by atoms with E-state index in [1.165, 1.54) is 5.69 Å². The lowest BCUT2D eigenvalue weighted by atomic mass is 9.93. The highest BCUT2D eigenvalue weighted by molar-refractivity contribution is 5.03. The van der Waals surface area contributed by atoms with E-state index in [4.69, 9.17) is 5.10 Å². The van der Waals surface area contributed by atoms with E-state index in [2.05, 4.69) is 64.0 Å². The molecule has 2 rings (SSSR count). The molecule has 1 fully saturated rings. The van der Waals surface area contributed by atoms with E-state index in [0.29, 0.717) is 18.0 Å². The lowest BCUT2D eigenvalue weighted by Crippen LogP contribution is -2.62. The molecule has 114 valence electrons. The van der Waals surface area contributed by atoms with Crippen molar-refractivity contribution in [2.75, 3.05) is 13.1 Å². The standard InChI is InChI=1S/C16H30N4/c1-12(2)15-10-19(16(5,6)11-17-15)9-14-7-8-20(18-14)13(3)4/h7-8,12-13,15,17H,9-11H2,1-6H3. The minimum absolute atomic E-state index is 0.188. The molecule has 0 radical (unpaired) electrons. The van der Waals surface area contributed by atoms with Crippen LogP contribution in [-0.2, 0) is 6.54 Å². The van der Waals surface area contributed by atoms with Crippen LogP contribution in [0.15, 0.2) is 12.3 Å². The first kappa shape index (κ1) is 15.5.